The third-order valence-corrected chi connectivity index (χ3v) is 4.05. The number of fused-ring (bicyclic) bond motifs is 1. The SMILES string of the molecule is Cc1ccc2c(c1)CCC(Cc1ccc(F)cc1)C2=O. The third kappa shape index (κ3) is 2.51. The van der Waals surface area contributed by atoms with Crippen LogP contribution in [0.4, 0.5) is 4.39 Å². The van der Waals surface area contributed by atoms with Gasteiger partial charge in [-0.15, -0.1) is 0 Å². The van der Waals surface area contributed by atoms with Crippen molar-refractivity contribution >= 4 is 5.78 Å². The molecule has 0 heterocycles. The number of carbonyl (C=O) groups excluding carboxylic acids is 1. The van der Waals surface area contributed by atoms with Gasteiger partial charge in [0.2, 0.25) is 0 Å². The fourth-order valence-corrected chi connectivity index (χ4v) is 2.95. The average Bonchev–Trinajstić information content (AvgIpc) is 2.44. The van der Waals surface area contributed by atoms with Crippen molar-refractivity contribution in [2.45, 2.75) is 26.2 Å². The molecular formula is C18H17FO. The molecule has 0 aromatic heterocycles. The van der Waals surface area contributed by atoms with E-state index in [1.807, 2.05) is 12.1 Å². The van der Waals surface area contributed by atoms with Crippen LogP contribution < -0.4 is 0 Å². The molecule has 0 saturated heterocycles. The van der Waals surface area contributed by atoms with Gasteiger partial charge < -0.3 is 0 Å². The standard InChI is InChI=1S/C18H17FO/c1-12-2-9-17-14(10-12)5-6-15(18(17)20)11-13-3-7-16(19)8-4-13/h2-4,7-10,15H,5-6,11H2,1H3. The van der Waals surface area contributed by atoms with E-state index in [0.29, 0.717) is 6.42 Å². The summed E-state index contributed by atoms with van der Waals surface area (Å²) in [6, 6.07) is 12.5. The summed E-state index contributed by atoms with van der Waals surface area (Å²) in [4.78, 5) is 12.5. The molecule has 20 heavy (non-hydrogen) atoms. The number of ketones is 1. The zero-order valence-electron chi connectivity index (χ0n) is 11.5. The summed E-state index contributed by atoms with van der Waals surface area (Å²) >= 11 is 0. The Morgan fingerprint density at radius 2 is 1.90 bits per heavy atom. The first-order chi connectivity index (χ1) is 9.63. The van der Waals surface area contributed by atoms with E-state index in [2.05, 4.69) is 13.0 Å². The molecule has 1 nitrogen and oxygen atoms in total. The lowest BCUT2D eigenvalue weighted by atomic mass is 9.79. The smallest absolute Gasteiger partial charge is 0.166 e. The lowest BCUT2D eigenvalue weighted by molar-refractivity contribution is 0.0901. The molecule has 2 heteroatoms. The van der Waals surface area contributed by atoms with Crippen LogP contribution in [-0.4, -0.2) is 5.78 Å². The number of halogens is 1. The predicted molar refractivity (Wildman–Crippen MR) is 77.4 cm³/mol. The molecule has 0 aliphatic heterocycles. The Kier molecular flexibility index (Phi) is 3.39. The Morgan fingerprint density at radius 3 is 2.65 bits per heavy atom. The van der Waals surface area contributed by atoms with Crippen molar-refractivity contribution in [2.24, 2.45) is 5.92 Å². The molecule has 0 radical (unpaired) electrons. The molecule has 1 unspecified atom stereocenters. The second kappa shape index (κ2) is 5.20. The van der Waals surface area contributed by atoms with Crippen LogP contribution in [0.15, 0.2) is 42.5 Å². The molecule has 0 bridgehead atoms. The van der Waals surface area contributed by atoms with Crippen molar-refractivity contribution in [3.8, 4) is 0 Å². The van der Waals surface area contributed by atoms with Crippen molar-refractivity contribution < 1.29 is 9.18 Å². The number of aryl methyl sites for hydroxylation is 2. The van der Waals surface area contributed by atoms with E-state index < -0.39 is 0 Å². The highest BCUT2D eigenvalue weighted by molar-refractivity contribution is 6.00. The van der Waals surface area contributed by atoms with Gasteiger partial charge in [0.15, 0.2) is 5.78 Å². The maximum Gasteiger partial charge on any atom is 0.166 e. The Morgan fingerprint density at radius 1 is 1.15 bits per heavy atom. The van der Waals surface area contributed by atoms with Crippen molar-refractivity contribution in [1.82, 2.24) is 0 Å². The number of Topliss-reactive ketones (excluding diaryl/α,β-unsaturated/α-hetero) is 1. The fraction of sp³-hybridized carbons (Fsp3) is 0.278. The van der Waals surface area contributed by atoms with Gasteiger partial charge in [-0.2, -0.15) is 0 Å². The molecule has 0 fully saturated rings. The zero-order chi connectivity index (χ0) is 14.1. The molecule has 2 aromatic carbocycles. The average molecular weight is 268 g/mol. The van der Waals surface area contributed by atoms with Gasteiger partial charge in [-0.05, 0) is 49.4 Å². The van der Waals surface area contributed by atoms with E-state index in [4.69, 9.17) is 0 Å². The molecule has 0 N–H and O–H groups in total. The number of hydrogen-bond acceptors (Lipinski definition) is 1. The topological polar surface area (TPSA) is 17.1 Å². The second-order valence-corrected chi connectivity index (χ2v) is 5.59. The summed E-state index contributed by atoms with van der Waals surface area (Å²) in [7, 11) is 0. The van der Waals surface area contributed by atoms with Gasteiger partial charge in [0.05, 0.1) is 0 Å². The first-order valence-corrected chi connectivity index (χ1v) is 7.01. The van der Waals surface area contributed by atoms with E-state index in [9.17, 15) is 9.18 Å². The molecule has 0 saturated carbocycles. The number of carbonyl (C=O) groups is 1. The van der Waals surface area contributed by atoms with Gasteiger partial charge in [-0.1, -0.05) is 35.9 Å². The largest absolute Gasteiger partial charge is 0.294 e. The van der Waals surface area contributed by atoms with Gasteiger partial charge in [-0.25, -0.2) is 4.39 Å². The molecule has 2 aromatic rings. The summed E-state index contributed by atoms with van der Waals surface area (Å²) in [5.74, 6) is 0.0239. The Bertz CT molecular complexity index is 643. The predicted octanol–water partition coefficient (Wildman–Crippen LogP) is 4.12. The van der Waals surface area contributed by atoms with Crippen molar-refractivity contribution in [3.63, 3.8) is 0 Å². The highest BCUT2D eigenvalue weighted by Gasteiger charge is 2.27. The van der Waals surface area contributed by atoms with Gasteiger partial charge >= 0.3 is 0 Å². The van der Waals surface area contributed by atoms with Crippen LogP contribution in [0.2, 0.25) is 0 Å². The van der Waals surface area contributed by atoms with Crippen LogP contribution in [-0.2, 0) is 12.8 Å². The fourth-order valence-electron chi connectivity index (χ4n) is 2.95. The summed E-state index contributed by atoms with van der Waals surface area (Å²) < 4.78 is 12.9. The molecular weight excluding hydrogens is 251 g/mol. The molecule has 1 atom stereocenters. The summed E-state index contributed by atoms with van der Waals surface area (Å²) in [6.07, 6.45) is 2.54. The quantitative estimate of drug-likeness (QED) is 0.800. The van der Waals surface area contributed by atoms with Crippen LogP contribution in [0.5, 0.6) is 0 Å². The molecule has 3 rings (SSSR count). The Labute approximate surface area is 118 Å². The number of rotatable bonds is 2. The van der Waals surface area contributed by atoms with Gasteiger partial charge in [0, 0.05) is 11.5 Å². The van der Waals surface area contributed by atoms with E-state index >= 15 is 0 Å². The molecule has 0 amide bonds. The van der Waals surface area contributed by atoms with Crippen LogP contribution in [0.1, 0.15) is 33.5 Å². The van der Waals surface area contributed by atoms with E-state index in [-0.39, 0.29) is 17.5 Å². The van der Waals surface area contributed by atoms with Gasteiger partial charge in [0.1, 0.15) is 5.82 Å². The monoisotopic (exact) mass is 268 g/mol. The van der Waals surface area contributed by atoms with Gasteiger partial charge in [-0.3, -0.25) is 4.79 Å². The van der Waals surface area contributed by atoms with Gasteiger partial charge in [0.25, 0.3) is 0 Å². The number of benzene rings is 2. The molecule has 1 aliphatic rings. The van der Waals surface area contributed by atoms with E-state index in [1.54, 1.807) is 12.1 Å². The molecule has 102 valence electrons. The summed E-state index contributed by atoms with van der Waals surface area (Å²) in [6.45, 7) is 2.05. The van der Waals surface area contributed by atoms with Crippen molar-refractivity contribution in [2.75, 3.05) is 0 Å². The van der Waals surface area contributed by atoms with Crippen LogP contribution in [0, 0.1) is 18.7 Å². The van der Waals surface area contributed by atoms with E-state index in [0.717, 1.165) is 24.0 Å². The maximum atomic E-state index is 12.9. The number of hydrogen-bond donors (Lipinski definition) is 0. The minimum Gasteiger partial charge on any atom is -0.294 e. The van der Waals surface area contributed by atoms with Crippen molar-refractivity contribution in [3.05, 3.63) is 70.5 Å². The third-order valence-electron chi connectivity index (χ3n) is 4.05. The molecule has 1 aliphatic carbocycles. The first-order valence-electron chi connectivity index (χ1n) is 7.01. The lowest BCUT2D eigenvalue weighted by Crippen LogP contribution is -2.24. The minimum atomic E-state index is -0.232. The molecule has 0 spiro atoms. The maximum absolute atomic E-state index is 12.9. The Balaban J connectivity index is 1.81. The highest BCUT2D eigenvalue weighted by atomic mass is 19.1. The summed E-state index contributed by atoms with van der Waals surface area (Å²) in [5, 5.41) is 0. The van der Waals surface area contributed by atoms with E-state index in [1.165, 1.54) is 23.3 Å². The van der Waals surface area contributed by atoms with Crippen molar-refractivity contribution in [1.29, 1.82) is 0 Å². The first kappa shape index (κ1) is 13.0. The summed E-state index contributed by atoms with van der Waals surface area (Å²) in [5.41, 5.74) is 4.27. The van der Waals surface area contributed by atoms with Crippen LogP contribution >= 0.6 is 0 Å². The van der Waals surface area contributed by atoms with Crippen LogP contribution in [0.3, 0.4) is 0 Å². The lowest BCUT2D eigenvalue weighted by Gasteiger charge is -2.23. The second-order valence-electron chi connectivity index (χ2n) is 5.59. The Hall–Kier alpha value is -1.96. The van der Waals surface area contributed by atoms with Crippen LogP contribution in [0.25, 0.3) is 0 Å². The minimum absolute atomic E-state index is 0.0238. The zero-order valence-corrected chi connectivity index (χ0v) is 11.5. The highest BCUT2D eigenvalue weighted by Crippen LogP contribution is 2.28. The normalized spacial score (nSPS) is 17.9.